The molecule has 18 heavy (non-hydrogen) atoms. The van der Waals surface area contributed by atoms with Gasteiger partial charge in [-0.25, -0.2) is 4.39 Å². The Morgan fingerprint density at radius 3 is 3.00 bits per heavy atom. The number of nitriles is 1. The summed E-state index contributed by atoms with van der Waals surface area (Å²) in [5, 5.41) is 17.8. The van der Waals surface area contributed by atoms with Gasteiger partial charge < -0.3 is 5.11 Å². The summed E-state index contributed by atoms with van der Waals surface area (Å²) in [5.41, 5.74) is 1.05. The van der Waals surface area contributed by atoms with Gasteiger partial charge in [0.2, 0.25) is 0 Å². The largest absolute Gasteiger partial charge is 0.481 e. The summed E-state index contributed by atoms with van der Waals surface area (Å²) in [6.07, 6.45) is 0.604. The highest BCUT2D eigenvalue weighted by Gasteiger charge is 2.28. The molecule has 1 unspecified atom stereocenters. The molecular weight excluding hydrogens is 235 g/mol. The fourth-order valence-electron chi connectivity index (χ4n) is 2.22. The SMILES string of the molecule is N#Cc1ccc(F)cc1CN1CCC(C(=O)O)C1. The molecule has 94 valence electrons. The van der Waals surface area contributed by atoms with Crippen molar-refractivity contribution in [1.82, 2.24) is 4.90 Å². The van der Waals surface area contributed by atoms with Crippen LogP contribution in [0.4, 0.5) is 4.39 Å². The van der Waals surface area contributed by atoms with Gasteiger partial charge in [0.1, 0.15) is 5.82 Å². The van der Waals surface area contributed by atoms with E-state index in [2.05, 4.69) is 0 Å². The number of rotatable bonds is 3. The molecule has 1 heterocycles. The van der Waals surface area contributed by atoms with E-state index in [1.807, 2.05) is 11.0 Å². The number of carbonyl (C=O) groups is 1. The zero-order chi connectivity index (χ0) is 13.1. The third-order valence-corrected chi connectivity index (χ3v) is 3.20. The second-order valence-electron chi connectivity index (χ2n) is 4.47. The predicted octanol–water partition coefficient (Wildman–Crippen LogP) is 1.60. The lowest BCUT2D eigenvalue weighted by atomic mass is 10.1. The maximum atomic E-state index is 13.1. The van der Waals surface area contributed by atoms with Gasteiger partial charge in [-0.2, -0.15) is 5.26 Å². The van der Waals surface area contributed by atoms with Crippen molar-refractivity contribution in [3.05, 3.63) is 35.1 Å². The van der Waals surface area contributed by atoms with Crippen molar-refractivity contribution >= 4 is 5.97 Å². The van der Waals surface area contributed by atoms with Crippen molar-refractivity contribution in [3.8, 4) is 6.07 Å². The number of nitrogens with zero attached hydrogens (tertiary/aromatic N) is 2. The van der Waals surface area contributed by atoms with E-state index in [4.69, 9.17) is 10.4 Å². The Hall–Kier alpha value is -1.93. The van der Waals surface area contributed by atoms with E-state index in [1.54, 1.807) is 0 Å². The summed E-state index contributed by atoms with van der Waals surface area (Å²) in [4.78, 5) is 12.8. The standard InChI is InChI=1S/C13H13FN2O2/c14-12-2-1-9(6-15)11(5-12)8-16-4-3-10(7-16)13(17)18/h1-2,5,10H,3-4,7-8H2,(H,17,18). The molecule has 1 aromatic rings. The maximum Gasteiger partial charge on any atom is 0.307 e. The smallest absolute Gasteiger partial charge is 0.307 e. The molecule has 0 radical (unpaired) electrons. The minimum atomic E-state index is -0.794. The molecule has 1 atom stereocenters. The van der Waals surface area contributed by atoms with Crippen LogP contribution in [0.5, 0.6) is 0 Å². The molecule has 1 saturated heterocycles. The van der Waals surface area contributed by atoms with E-state index in [-0.39, 0.29) is 11.7 Å². The first-order valence-corrected chi connectivity index (χ1v) is 5.74. The normalized spacial score (nSPS) is 19.7. The van der Waals surface area contributed by atoms with Gasteiger partial charge in [0, 0.05) is 13.1 Å². The number of hydrogen-bond acceptors (Lipinski definition) is 3. The molecular formula is C13H13FN2O2. The number of benzene rings is 1. The minimum Gasteiger partial charge on any atom is -0.481 e. The van der Waals surface area contributed by atoms with Crippen LogP contribution in [0.2, 0.25) is 0 Å². The Labute approximate surface area is 104 Å². The second-order valence-corrected chi connectivity index (χ2v) is 4.47. The lowest BCUT2D eigenvalue weighted by Gasteiger charge is -2.16. The molecule has 0 saturated carbocycles. The van der Waals surface area contributed by atoms with E-state index in [0.29, 0.717) is 37.2 Å². The Bertz CT molecular complexity index is 510. The summed E-state index contributed by atoms with van der Waals surface area (Å²) in [6.45, 7) is 1.54. The molecule has 5 heteroatoms. The van der Waals surface area contributed by atoms with E-state index in [1.165, 1.54) is 18.2 Å². The number of likely N-dealkylation sites (tertiary alicyclic amines) is 1. The van der Waals surface area contributed by atoms with Gasteiger partial charge in [0.15, 0.2) is 0 Å². The van der Waals surface area contributed by atoms with Crippen molar-refractivity contribution in [2.24, 2.45) is 5.92 Å². The zero-order valence-electron chi connectivity index (χ0n) is 9.77. The molecule has 1 aliphatic rings. The van der Waals surface area contributed by atoms with Gasteiger partial charge in [-0.1, -0.05) is 0 Å². The first-order chi connectivity index (χ1) is 8.60. The Morgan fingerprint density at radius 2 is 2.39 bits per heavy atom. The highest BCUT2D eigenvalue weighted by atomic mass is 19.1. The Balaban J connectivity index is 2.09. The average molecular weight is 248 g/mol. The highest BCUT2D eigenvalue weighted by Crippen LogP contribution is 2.20. The fourth-order valence-corrected chi connectivity index (χ4v) is 2.22. The van der Waals surface area contributed by atoms with Crippen LogP contribution in [0.15, 0.2) is 18.2 Å². The first kappa shape index (κ1) is 12.5. The summed E-state index contributed by atoms with van der Waals surface area (Å²) in [6, 6.07) is 6.07. The molecule has 0 bridgehead atoms. The van der Waals surface area contributed by atoms with Crippen LogP contribution in [0.1, 0.15) is 17.5 Å². The molecule has 2 rings (SSSR count). The fraction of sp³-hybridized carbons (Fsp3) is 0.385. The van der Waals surface area contributed by atoms with Crippen molar-refractivity contribution in [2.45, 2.75) is 13.0 Å². The summed E-state index contributed by atoms with van der Waals surface area (Å²) >= 11 is 0. The third kappa shape index (κ3) is 2.66. The van der Waals surface area contributed by atoms with E-state index in [0.717, 1.165) is 0 Å². The van der Waals surface area contributed by atoms with E-state index >= 15 is 0 Å². The lowest BCUT2D eigenvalue weighted by Crippen LogP contribution is -2.23. The Morgan fingerprint density at radius 1 is 1.61 bits per heavy atom. The van der Waals surface area contributed by atoms with Gasteiger partial charge in [0.05, 0.1) is 17.6 Å². The van der Waals surface area contributed by atoms with Crippen molar-refractivity contribution < 1.29 is 14.3 Å². The van der Waals surface area contributed by atoms with Gasteiger partial charge in [-0.3, -0.25) is 9.69 Å². The molecule has 1 aromatic carbocycles. The summed E-state index contributed by atoms with van der Waals surface area (Å²) < 4.78 is 13.1. The van der Waals surface area contributed by atoms with Gasteiger partial charge in [-0.05, 0) is 36.7 Å². The van der Waals surface area contributed by atoms with Crippen LogP contribution in [0.25, 0.3) is 0 Å². The highest BCUT2D eigenvalue weighted by molar-refractivity contribution is 5.70. The van der Waals surface area contributed by atoms with Crippen LogP contribution in [-0.4, -0.2) is 29.1 Å². The molecule has 0 aliphatic carbocycles. The van der Waals surface area contributed by atoms with Gasteiger partial charge >= 0.3 is 5.97 Å². The minimum absolute atomic E-state index is 0.357. The first-order valence-electron chi connectivity index (χ1n) is 5.74. The molecule has 1 fully saturated rings. The third-order valence-electron chi connectivity index (χ3n) is 3.20. The molecule has 1 N–H and O–H groups in total. The molecule has 0 aromatic heterocycles. The number of aliphatic carboxylic acids is 1. The van der Waals surface area contributed by atoms with Crippen LogP contribution < -0.4 is 0 Å². The van der Waals surface area contributed by atoms with Crippen LogP contribution in [0.3, 0.4) is 0 Å². The van der Waals surface area contributed by atoms with Gasteiger partial charge in [-0.15, -0.1) is 0 Å². The number of hydrogen-bond donors (Lipinski definition) is 1. The molecule has 4 nitrogen and oxygen atoms in total. The van der Waals surface area contributed by atoms with Crippen molar-refractivity contribution in [3.63, 3.8) is 0 Å². The van der Waals surface area contributed by atoms with Crippen molar-refractivity contribution in [1.29, 1.82) is 5.26 Å². The summed E-state index contributed by atoms with van der Waals surface area (Å²) in [7, 11) is 0. The Kier molecular flexibility index (Phi) is 3.58. The van der Waals surface area contributed by atoms with Gasteiger partial charge in [0.25, 0.3) is 0 Å². The second kappa shape index (κ2) is 5.15. The number of carboxylic acids is 1. The number of halogens is 1. The van der Waals surface area contributed by atoms with Crippen LogP contribution in [0, 0.1) is 23.1 Å². The average Bonchev–Trinajstić information content (AvgIpc) is 2.78. The molecule has 1 aliphatic heterocycles. The van der Waals surface area contributed by atoms with Crippen LogP contribution >= 0.6 is 0 Å². The van der Waals surface area contributed by atoms with E-state index in [9.17, 15) is 9.18 Å². The lowest BCUT2D eigenvalue weighted by molar-refractivity contribution is -0.141. The summed E-state index contributed by atoms with van der Waals surface area (Å²) in [5.74, 6) is -1.53. The van der Waals surface area contributed by atoms with E-state index < -0.39 is 5.97 Å². The topological polar surface area (TPSA) is 64.3 Å². The van der Waals surface area contributed by atoms with Crippen molar-refractivity contribution in [2.75, 3.05) is 13.1 Å². The quantitative estimate of drug-likeness (QED) is 0.882. The zero-order valence-corrected chi connectivity index (χ0v) is 9.77. The number of carboxylic acid groups (broad SMARTS) is 1. The maximum absolute atomic E-state index is 13.1. The van der Waals surface area contributed by atoms with Crippen LogP contribution in [-0.2, 0) is 11.3 Å². The molecule has 0 spiro atoms. The molecule has 0 amide bonds. The predicted molar refractivity (Wildman–Crippen MR) is 62.1 cm³/mol. The monoisotopic (exact) mass is 248 g/mol.